The second kappa shape index (κ2) is 14.1. The van der Waals surface area contributed by atoms with E-state index in [1.165, 1.54) is 41.3 Å². The number of ether oxygens (including phenoxy) is 1. The fraction of sp³-hybridized carbons (Fsp3) is 0.355. The number of hydrogen-bond acceptors (Lipinski definition) is 5. The molecule has 0 bridgehead atoms. The zero-order valence-corrected chi connectivity index (χ0v) is 24.9. The lowest BCUT2D eigenvalue weighted by Gasteiger charge is -2.32. The molecule has 1 N–H and O–H groups in total. The van der Waals surface area contributed by atoms with Crippen molar-refractivity contribution in [3.05, 3.63) is 89.7 Å². The van der Waals surface area contributed by atoms with Crippen LogP contribution in [0.25, 0.3) is 0 Å². The molecule has 3 rings (SSSR count). The molecule has 0 radical (unpaired) electrons. The summed E-state index contributed by atoms with van der Waals surface area (Å²) in [6.07, 6.45) is 0. The van der Waals surface area contributed by atoms with Gasteiger partial charge in [-0.05, 0) is 86.3 Å². The Morgan fingerprint density at radius 3 is 2.17 bits per heavy atom. The molecule has 41 heavy (non-hydrogen) atoms. The first-order valence-corrected chi connectivity index (χ1v) is 15.0. The molecule has 0 aliphatic heterocycles. The van der Waals surface area contributed by atoms with E-state index in [2.05, 4.69) is 5.32 Å². The van der Waals surface area contributed by atoms with Crippen molar-refractivity contribution >= 4 is 27.5 Å². The van der Waals surface area contributed by atoms with Gasteiger partial charge in [-0.3, -0.25) is 13.9 Å². The van der Waals surface area contributed by atoms with Crippen molar-refractivity contribution in [2.45, 2.75) is 52.1 Å². The largest absolute Gasteiger partial charge is 0.494 e. The van der Waals surface area contributed by atoms with Crippen molar-refractivity contribution in [3.63, 3.8) is 0 Å². The van der Waals surface area contributed by atoms with Crippen molar-refractivity contribution < 1.29 is 27.1 Å². The van der Waals surface area contributed by atoms with Gasteiger partial charge >= 0.3 is 0 Å². The van der Waals surface area contributed by atoms with Crippen LogP contribution in [0.1, 0.15) is 38.8 Å². The molecule has 1 atom stereocenters. The Kier molecular flexibility index (Phi) is 10.9. The summed E-state index contributed by atoms with van der Waals surface area (Å²) in [7, 11) is -4.27. The normalized spacial score (nSPS) is 12.1. The van der Waals surface area contributed by atoms with Crippen LogP contribution in [0.3, 0.4) is 0 Å². The third kappa shape index (κ3) is 8.29. The lowest BCUT2D eigenvalue weighted by Crippen LogP contribution is -2.51. The predicted molar refractivity (Wildman–Crippen MR) is 158 cm³/mol. The summed E-state index contributed by atoms with van der Waals surface area (Å²) in [4.78, 5) is 28.3. The summed E-state index contributed by atoms with van der Waals surface area (Å²) in [5.41, 5.74) is 1.87. The van der Waals surface area contributed by atoms with Crippen LogP contribution in [0.5, 0.6) is 5.75 Å². The van der Waals surface area contributed by atoms with E-state index in [1.54, 1.807) is 6.92 Å². The van der Waals surface area contributed by atoms with E-state index in [0.29, 0.717) is 18.9 Å². The van der Waals surface area contributed by atoms with Gasteiger partial charge < -0.3 is 15.0 Å². The fourth-order valence-electron chi connectivity index (χ4n) is 4.14. The first-order valence-electron chi connectivity index (χ1n) is 13.6. The van der Waals surface area contributed by atoms with Gasteiger partial charge in [0, 0.05) is 13.1 Å². The van der Waals surface area contributed by atoms with Gasteiger partial charge in [-0.15, -0.1) is 0 Å². The topological polar surface area (TPSA) is 96.0 Å². The van der Waals surface area contributed by atoms with E-state index in [1.807, 2.05) is 52.0 Å². The van der Waals surface area contributed by atoms with Gasteiger partial charge in [-0.2, -0.15) is 0 Å². The smallest absolute Gasteiger partial charge is 0.264 e. The molecule has 2 amide bonds. The van der Waals surface area contributed by atoms with E-state index in [4.69, 9.17) is 4.74 Å². The lowest BCUT2D eigenvalue weighted by molar-refractivity contribution is -0.139. The number of anilines is 1. The number of amides is 2. The average Bonchev–Trinajstić information content (AvgIpc) is 2.94. The predicted octanol–water partition coefficient (Wildman–Crippen LogP) is 4.92. The number of sulfonamides is 1. The lowest BCUT2D eigenvalue weighted by atomic mass is 10.1. The summed E-state index contributed by atoms with van der Waals surface area (Å²) in [6, 6.07) is 17.3. The van der Waals surface area contributed by atoms with E-state index in [9.17, 15) is 22.4 Å². The molecule has 0 saturated carbocycles. The van der Waals surface area contributed by atoms with Crippen LogP contribution in [0.4, 0.5) is 10.1 Å². The quantitative estimate of drug-likeness (QED) is 0.308. The number of rotatable bonds is 13. The summed E-state index contributed by atoms with van der Waals surface area (Å²) in [5.74, 6) is -0.765. The summed E-state index contributed by atoms with van der Waals surface area (Å²) < 4.78 is 47.9. The van der Waals surface area contributed by atoms with Gasteiger partial charge in [0.2, 0.25) is 11.8 Å². The highest BCUT2D eigenvalue weighted by atomic mass is 32.2. The van der Waals surface area contributed by atoms with Crippen molar-refractivity contribution in [3.8, 4) is 5.75 Å². The highest BCUT2D eigenvalue weighted by Gasteiger charge is 2.32. The molecule has 0 aromatic heterocycles. The Morgan fingerprint density at radius 1 is 0.951 bits per heavy atom. The first-order chi connectivity index (χ1) is 19.4. The van der Waals surface area contributed by atoms with Crippen LogP contribution >= 0.6 is 0 Å². The van der Waals surface area contributed by atoms with E-state index < -0.39 is 34.3 Å². The Balaban J connectivity index is 2.01. The van der Waals surface area contributed by atoms with Crippen molar-refractivity contribution in [1.82, 2.24) is 10.2 Å². The average molecular weight is 584 g/mol. The number of benzene rings is 3. The molecule has 0 saturated heterocycles. The van der Waals surface area contributed by atoms with Gasteiger partial charge in [-0.25, -0.2) is 12.8 Å². The fourth-order valence-corrected chi connectivity index (χ4v) is 5.56. The monoisotopic (exact) mass is 583 g/mol. The maximum Gasteiger partial charge on any atom is 0.264 e. The summed E-state index contributed by atoms with van der Waals surface area (Å²) >= 11 is 0. The number of aryl methyl sites for hydroxylation is 1. The number of halogens is 1. The Bertz CT molecular complexity index is 1430. The zero-order chi connectivity index (χ0) is 30.2. The molecule has 10 heteroatoms. The number of carbonyl (C=O) groups excluding carboxylic acids is 2. The zero-order valence-electron chi connectivity index (χ0n) is 24.1. The molecule has 0 fully saturated rings. The standard InChI is InChI=1S/C31H38FN3O5S/c1-6-40-28-15-17-29(18-16-28)41(38,39)35(27-13-11-26(32)12-14-27)21-30(36)34(20-25-10-8-7-9-23(25)4)24(5)31(37)33-19-22(2)3/h7-18,22,24H,6,19-21H2,1-5H3,(H,33,37)/t24-/m1/s1. The van der Waals surface area contributed by atoms with Crippen LogP contribution in [-0.4, -0.2) is 50.9 Å². The van der Waals surface area contributed by atoms with Crippen molar-refractivity contribution in [1.29, 1.82) is 0 Å². The summed E-state index contributed by atoms with van der Waals surface area (Å²) in [5, 5.41) is 2.86. The molecule has 0 aliphatic carbocycles. The number of carbonyl (C=O) groups is 2. The molecule has 0 spiro atoms. The number of hydrogen-bond donors (Lipinski definition) is 1. The molecule has 0 unspecified atom stereocenters. The number of nitrogens with one attached hydrogen (secondary N) is 1. The molecular weight excluding hydrogens is 545 g/mol. The van der Waals surface area contributed by atoms with Crippen LogP contribution in [0.2, 0.25) is 0 Å². The highest BCUT2D eigenvalue weighted by Crippen LogP contribution is 2.26. The second-order valence-corrected chi connectivity index (χ2v) is 12.0. The van der Waals surface area contributed by atoms with E-state index in [0.717, 1.165) is 27.6 Å². The Labute approximate surface area is 242 Å². The molecule has 0 heterocycles. The van der Waals surface area contributed by atoms with Gasteiger partial charge in [0.1, 0.15) is 24.2 Å². The van der Waals surface area contributed by atoms with Crippen LogP contribution < -0.4 is 14.4 Å². The van der Waals surface area contributed by atoms with Gasteiger partial charge in [0.25, 0.3) is 10.0 Å². The van der Waals surface area contributed by atoms with Gasteiger partial charge in [0.15, 0.2) is 0 Å². The van der Waals surface area contributed by atoms with Crippen LogP contribution in [0.15, 0.2) is 77.7 Å². The molecule has 0 aliphatic rings. The van der Waals surface area contributed by atoms with E-state index >= 15 is 0 Å². The number of nitrogens with zero attached hydrogens (tertiary/aromatic N) is 2. The first kappa shape index (κ1) is 31.6. The maximum atomic E-state index is 14.0. The van der Waals surface area contributed by atoms with E-state index in [-0.39, 0.29) is 29.0 Å². The molecule has 3 aromatic rings. The minimum atomic E-state index is -4.27. The highest BCUT2D eigenvalue weighted by molar-refractivity contribution is 7.92. The Morgan fingerprint density at radius 2 is 1.59 bits per heavy atom. The van der Waals surface area contributed by atoms with Crippen molar-refractivity contribution in [2.75, 3.05) is 24.0 Å². The van der Waals surface area contributed by atoms with Crippen LogP contribution in [0, 0.1) is 18.7 Å². The molecule has 220 valence electrons. The summed E-state index contributed by atoms with van der Waals surface area (Å²) in [6.45, 7) is 9.63. The van der Waals surface area contributed by atoms with Gasteiger partial charge in [-0.1, -0.05) is 38.1 Å². The third-order valence-electron chi connectivity index (χ3n) is 6.57. The minimum absolute atomic E-state index is 0.0637. The van der Waals surface area contributed by atoms with Crippen LogP contribution in [-0.2, 0) is 26.2 Å². The SMILES string of the molecule is CCOc1ccc(S(=O)(=O)N(CC(=O)N(Cc2ccccc2C)[C@H](C)C(=O)NCC(C)C)c2ccc(F)cc2)cc1. The molecule has 8 nitrogen and oxygen atoms in total. The minimum Gasteiger partial charge on any atom is -0.494 e. The third-order valence-corrected chi connectivity index (χ3v) is 8.36. The maximum absolute atomic E-state index is 14.0. The molecular formula is C31H38FN3O5S. The molecule has 3 aromatic carbocycles. The Hall–Kier alpha value is -3.92. The van der Waals surface area contributed by atoms with Crippen molar-refractivity contribution in [2.24, 2.45) is 5.92 Å². The van der Waals surface area contributed by atoms with Gasteiger partial charge in [0.05, 0.1) is 17.2 Å². The second-order valence-electron chi connectivity index (χ2n) is 10.2.